The smallest absolute Gasteiger partial charge is 0.343 e. The molecule has 4 aromatic carbocycles. The van der Waals surface area contributed by atoms with Gasteiger partial charge in [-0.1, -0.05) is 91.0 Å². The lowest BCUT2D eigenvalue weighted by Gasteiger charge is -2.47. The second kappa shape index (κ2) is 12.8. The van der Waals surface area contributed by atoms with Crippen LogP contribution < -0.4 is 10.2 Å². The Kier molecular flexibility index (Phi) is 8.18. The molecular formula is C42H38N2O4S. The normalized spacial score (nSPS) is 14.8. The number of ether oxygens (including phenoxy) is 2. The molecule has 49 heavy (non-hydrogen) atoms. The van der Waals surface area contributed by atoms with E-state index in [1.165, 1.54) is 27.1 Å². The lowest BCUT2D eigenvalue weighted by atomic mass is 9.74. The maximum Gasteiger partial charge on any atom is 0.343 e. The lowest BCUT2D eigenvalue weighted by Crippen LogP contribution is -2.49. The number of aromatic nitrogens is 1. The van der Waals surface area contributed by atoms with Crippen molar-refractivity contribution in [3.8, 4) is 16.2 Å². The van der Waals surface area contributed by atoms with Crippen molar-refractivity contribution in [1.29, 1.82) is 0 Å². The van der Waals surface area contributed by atoms with Gasteiger partial charge in [0.2, 0.25) is 5.43 Å². The Morgan fingerprint density at radius 2 is 1.49 bits per heavy atom. The van der Waals surface area contributed by atoms with Crippen molar-refractivity contribution in [3.63, 3.8) is 0 Å². The highest BCUT2D eigenvalue weighted by molar-refractivity contribution is 7.15. The van der Waals surface area contributed by atoms with Crippen LogP contribution in [0.2, 0.25) is 0 Å². The molecule has 1 aliphatic heterocycles. The Morgan fingerprint density at radius 3 is 2.04 bits per heavy atom. The Labute approximate surface area is 290 Å². The van der Waals surface area contributed by atoms with Crippen LogP contribution in [0.3, 0.4) is 0 Å². The van der Waals surface area contributed by atoms with Crippen molar-refractivity contribution in [2.24, 2.45) is 0 Å². The number of esters is 1. The number of pyridine rings is 1. The van der Waals surface area contributed by atoms with E-state index in [1.54, 1.807) is 20.2 Å². The van der Waals surface area contributed by atoms with Crippen molar-refractivity contribution in [1.82, 2.24) is 9.47 Å². The summed E-state index contributed by atoms with van der Waals surface area (Å²) in [5.41, 5.74) is 5.98. The van der Waals surface area contributed by atoms with Gasteiger partial charge in [0.05, 0.1) is 30.2 Å². The topological polar surface area (TPSA) is 60.8 Å². The number of hydrogen-bond acceptors (Lipinski definition) is 6. The molecule has 1 fully saturated rings. The van der Waals surface area contributed by atoms with Gasteiger partial charge in [-0.15, -0.1) is 11.3 Å². The molecule has 2 aliphatic rings. The zero-order valence-corrected chi connectivity index (χ0v) is 28.5. The van der Waals surface area contributed by atoms with Gasteiger partial charge in [0.1, 0.15) is 5.56 Å². The van der Waals surface area contributed by atoms with Gasteiger partial charge in [0.15, 0.2) is 5.75 Å². The van der Waals surface area contributed by atoms with E-state index in [4.69, 9.17) is 9.47 Å². The van der Waals surface area contributed by atoms with Crippen LogP contribution in [0.1, 0.15) is 63.3 Å². The fraction of sp³-hybridized carbons (Fsp3) is 0.238. The van der Waals surface area contributed by atoms with E-state index in [0.717, 1.165) is 48.3 Å². The standard InChI is InChI=1S/C42H38N2O4S/c1-3-48-41(46)35-27-44(32-19-20-32)38-34(39(35)45)22-21-33(40(38)47-2)37-25-28-26-43(24-23-36(28)49-37)42(29-13-7-4-8-14-29,30-15-9-5-10-16-30)31-17-11-6-12-18-31/h4-18,21-22,25,27,32H,3,19-20,23-24,26H2,1-2H3. The Morgan fingerprint density at radius 1 is 0.878 bits per heavy atom. The zero-order valence-electron chi connectivity index (χ0n) is 27.7. The van der Waals surface area contributed by atoms with Crippen molar-refractivity contribution >= 4 is 28.2 Å². The van der Waals surface area contributed by atoms with E-state index in [9.17, 15) is 9.59 Å². The molecule has 0 spiro atoms. The summed E-state index contributed by atoms with van der Waals surface area (Å²) in [5.74, 6) is 0.0829. The average Bonchev–Trinajstić information content (AvgIpc) is 3.91. The Bertz CT molecular complexity index is 2110. The molecule has 8 rings (SSSR count). The highest BCUT2D eigenvalue weighted by atomic mass is 32.1. The summed E-state index contributed by atoms with van der Waals surface area (Å²) in [7, 11) is 1.67. The summed E-state index contributed by atoms with van der Waals surface area (Å²) >= 11 is 1.81. The van der Waals surface area contributed by atoms with E-state index < -0.39 is 11.5 Å². The summed E-state index contributed by atoms with van der Waals surface area (Å²) < 4.78 is 13.4. The maximum absolute atomic E-state index is 13.6. The summed E-state index contributed by atoms with van der Waals surface area (Å²) in [5, 5.41) is 0.476. The second-order valence-electron chi connectivity index (χ2n) is 12.8. The number of carbonyl (C=O) groups is 1. The summed E-state index contributed by atoms with van der Waals surface area (Å²) in [6.07, 6.45) is 4.57. The predicted molar refractivity (Wildman–Crippen MR) is 196 cm³/mol. The third kappa shape index (κ3) is 5.29. The van der Waals surface area contributed by atoms with E-state index in [-0.39, 0.29) is 23.6 Å². The number of thiophene rings is 1. The monoisotopic (exact) mass is 666 g/mol. The Hall–Kier alpha value is -4.98. The van der Waals surface area contributed by atoms with Gasteiger partial charge in [-0.05, 0) is 66.6 Å². The fourth-order valence-electron chi connectivity index (χ4n) is 7.65. The van der Waals surface area contributed by atoms with Crippen LogP contribution in [0.15, 0.2) is 120 Å². The number of hydrogen-bond donors (Lipinski definition) is 0. The van der Waals surface area contributed by atoms with Gasteiger partial charge in [-0.25, -0.2) is 4.79 Å². The van der Waals surface area contributed by atoms with Crippen LogP contribution in [0, 0.1) is 0 Å². The van der Waals surface area contributed by atoms with E-state index in [2.05, 4.69) is 107 Å². The van der Waals surface area contributed by atoms with E-state index in [1.807, 2.05) is 23.5 Å². The van der Waals surface area contributed by atoms with Crippen LogP contribution in [-0.2, 0) is 23.2 Å². The van der Waals surface area contributed by atoms with Gasteiger partial charge >= 0.3 is 5.97 Å². The van der Waals surface area contributed by atoms with Crippen molar-refractivity contribution in [3.05, 3.63) is 158 Å². The van der Waals surface area contributed by atoms with Gasteiger partial charge in [0.25, 0.3) is 0 Å². The minimum atomic E-state index is -0.583. The summed E-state index contributed by atoms with van der Waals surface area (Å²) in [6, 6.07) is 38.9. The van der Waals surface area contributed by atoms with Crippen LogP contribution >= 0.6 is 11.3 Å². The molecule has 6 nitrogen and oxygen atoms in total. The SMILES string of the molecule is CCOC(=O)c1cn(C2CC2)c2c(OC)c(-c3cc4c(s3)CCN(C(c3ccccc3)(c3ccccc3)c3ccccc3)C4)ccc2c1=O. The third-order valence-corrected chi connectivity index (χ3v) is 11.2. The summed E-state index contributed by atoms with van der Waals surface area (Å²) in [6.45, 7) is 3.62. The zero-order chi connectivity index (χ0) is 33.5. The molecule has 0 unspecified atom stereocenters. The van der Waals surface area contributed by atoms with E-state index >= 15 is 0 Å². The third-order valence-electron chi connectivity index (χ3n) is 9.97. The molecule has 0 amide bonds. The molecule has 2 aromatic heterocycles. The van der Waals surface area contributed by atoms with Gasteiger partial charge in [-0.3, -0.25) is 9.69 Å². The first-order valence-corrected chi connectivity index (χ1v) is 17.8. The number of methoxy groups -OCH3 is 1. The molecule has 1 saturated carbocycles. The van der Waals surface area contributed by atoms with Crippen molar-refractivity contribution in [2.75, 3.05) is 20.3 Å². The number of nitrogens with zero attached hydrogens (tertiary/aromatic N) is 2. The van der Waals surface area contributed by atoms with Crippen LogP contribution in [0.25, 0.3) is 21.3 Å². The van der Waals surface area contributed by atoms with Crippen LogP contribution in [0.4, 0.5) is 0 Å². The first-order valence-electron chi connectivity index (χ1n) is 17.0. The molecule has 246 valence electrons. The largest absolute Gasteiger partial charge is 0.494 e. The molecule has 0 N–H and O–H groups in total. The fourth-order valence-corrected chi connectivity index (χ4v) is 8.84. The highest BCUT2D eigenvalue weighted by Gasteiger charge is 2.43. The highest BCUT2D eigenvalue weighted by Crippen LogP contribution is 2.48. The van der Waals surface area contributed by atoms with Crippen LogP contribution in [-0.4, -0.2) is 35.7 Å². The molecule has 3 heterocycles. The van der Waals surface area contributed by atoms with Gasteiger partial charge < -0.3 is 14.0 Å². The number of carbonyl (C=O) groups excluding carboxylic acids is 1. The molecular weight excluding hydrogens is 629 g/mol. The molecule has 0 saturated heterocycles. The number of fused-ring (bicyclic) bond motifs is 2. The molecule has 0 radical (unpaired) electrons. The van der Waals surface area contributed by atoms with Gasteiger partial charge in [0, 0.05) is 40.6 Å². The van der Waals surface area contributed by atoms with Crippen molar-refractivity contribution in [2.45, 2.75) is 44.3 Å². The second-order valence-corrected chi connectivity index (χ2v) is 13.9. The predicted octanol–water partition coefficient (Wildman–Crippen LogP) is 8.60. The molecule has 0 bridgehead atoms. The minimum absolute atomic E-state index is 0.0708. The van der Waals surface area contributed by atoms with E-state index in [0.29, 0.717) is 11.1 Å². The van der Waals surface area contributed by atoms with Crippen molar-refractivity contribution < 1.29 is 14.3 Å². The van der Waals surface area contributed by atoms with Gasteiger partial charge in [-0.2, -0.15) is 0 Å². The molecule has 7 heteroatoms. The molecule has 1 aliphatic carbocycles. The summed E-state index contributed by atoms with van der Waals surface area (Å²) in [4.78, 5) is 31.5. The number of benzene rings is 4. The molecule has 6 aromatic rings. The number of rotatable bonds is 9. The maximum atomic E-state index is 13.6. The average molecular weight is 667 g/mol. The Balaban J connectivity index is 1.25. The quantitative estimate of drug-likeness (QED) is 0.114. The first kappa shape index (κ1) is 31.3. The molecule has 0 atom stereocenters. The van der Waals surface area contributed by atoms with Crippen LogP contribution in [0.5, 0.6) is 5.75 Å². The first-order chi connectivity index (χ1) is 24.0. The lowest BCUT2D eigenvalue weighted by molar-refractivity contribution is 0.0524. The minimum Gasteiger partial charge on any atom is -0.494 e.